The summed E-state index contributed by atoms with van der Waals surface area (Å²) < 4.78 is 10.5. The topological polar surface area (TPSA) is 73.6 Å². The zero-order valence-electron chi connectivity index (χ0n) is 11.6. The van der Waals surface area contributed by atoms with Gasteiger partial charge in [-0.1, -0.05) is 13.0 Å². The van der Waals surface area contributed by atoms with Crippen LogP contribution in [0.5, 0.6) is 0 Å². The minimum absolute atomic E-state index is 0.0176. The van der Waals surface area contributed by atoms with E-state index in [4.69, 9.17) is 15.2 Å². The van der Waals surface area contributed by atoms with Crippen LogP contribution < -0.4 is 11.1 Å². The van der Waals surface area contributed by atoms with Crippen molar-refractivity contribution in [3.05, 3.63) is 23.8 Å². The number of nitrogen functional groups attached to an aromatic ring is 1. The van der Waals surface area contributed by atoms with E-state index in [1.54, 1.807) is 12.1 Å². The van der Waals surface area contributed by atoms with Crippen molar-refractivity contribution in [2.75, 3.05) is 37.5 Å². The molecule has 0 unspecified atom stereocenters. The molecule has 0 aliphatic carbocycles. The van der Waals surface area contributed by atoms with Gasteiger partial charge in [-0.3, -0.25) is 4.79 Å². The number of hydrogen-bond donors (Lipinski definition) is 2. The van der Waals surface area contributed by atoms with Gasteiger partial charge >= 0.3 is 0 Å². The van der Waals surface area contributed by atoms with Crippen LogP contribution in [0.15, 0.2) is 18.2 Å². The van der Waals surface area contributed by atoms with E-state index in [1.807, 2.05) is 19.9 Å². The predicted molar refractivity (Wildman–Crippen MR) is 76.2 cm³/mol. The Morgan fingerprint density at radius 2 is 2.00 bits per heavy atom. The van der Waals surface area contributed by atoms with E-state index in [-0.39, 0.29) is 12.5 Å². The molecule has 3 N–H and O–H groups in total. The summed E-state index contributed by atoms with van der Waals surface area (Å²) in [6.07, 6.45) is 0.981. The summed E-state index contributed by atoms with van der Waals surface area (Å²) in [6.45, 7) is 5.63. The second-order valence-electron chi connectivity index (χ2n) is 4.29. The van der Waals surface area contributed by atoms with Gasteiger partial charge in [0.2, 0.25) is 5.91 Å². The lowest BCUT2D eigenvalue weighted by Crippen LogP contribution is -2.20. The van der Waals surface area contributed by atoms with E-state index in [1.165, 1.54) is 0 Å². The number of hydrogen-bond acceptors (Lipinski definition) is 4. The van der Waals surface area contributed by atoms with E-state index in [0.29, 0.717) is 18.9 Å². The van der Waals surface area contributed by atoms with Crippen LogP contribution in [0.3, 0.4) is 0 Å². The quantitative estimate of drug-likeness (QED) is 0.557. The van der Waals surface area contributed by atoms with Crippen molar-refractivity contribution in [1.82, 2.24) is 0 Å². The molecule has 0 spiro atoms. The lowest BCUT2D eigenvalue weighted by molar-refractivity contribution is -0.121. The SMILES string of the molecule is CCCOCCOCC(=O)Nc1cc(N)ccc1C. The molecule has 1 aromatic rings. The third kappa shape index (κ3) is 6.22. The lowest BCUT2D eigenvalue weighted by Gasteiger charge is -2.09. The van der Waals surface area contributed by atoms with Gasteiger partial charge in [0.15, 0.2) is 0 Å². The molecule has 0 saturated carbocycles. The molecule has 0 aliphatic heterocycles. The van der Waals surface area contributed by atoms with Crippen molar-refractivity contribution in [2.45, 2.75) is 20.3 Å². The molecule has 0 bridgehead atoms. The standard InChI is InChI=1S/C14H22N2O3/c1-3-6-18-7-8-19-10-14(17)16-13-9-12(15)5-4-11(13)2/h4-5,9H,3,6-8,10,15H2,1-2H3,(H,16,17). The fourth-order valence-electron chi connectivity index (χ4n) is 1.49. The third-order valence-electron chi connectivity index (χ3n) is 2.49. The molecule has 5 heteroatoms. The number of ether oxygens (including phenoxy) is 2. The van der Waals surface area contributed by atoms with Crippen LogP contribution in [-0.2, 0) is 14.3 Å². The zero-order chi connectivity index (χ0) is 14.1. The molecule has 0 fully saturated rings. The van der Waals surface area contributed by atoms with Gasteiger partial charge in [-0.15, -0.1) is 0 Å². The molecule has 0 heterocycles. The molecular formula is C14H22N2O3. The summed E-state index contributed by atoms with van der Waals surface area (Å²) in [6, 6.07) is 5.40. The summed E-state index contributed by atoms with van der Waals surface area (Å²) in [5.41, 5.74) is 7.98. The predicted octanol–water partition coefficient (Wildman–Crippen LogP) is 1.96. The van der Waals surface area contributed by atoms with E-state index in [0.717, 1.165) is 24.3 Å². The lowest BCUT2D eigenvalue weighted by atomic mass is 10.2. The first-order chi connectivity index (χ1) is 9.13. The van der Waals surface area contributed by atoms with Crippen molar-refractivity contribution in [1.29, 1.82) is 0 Å². The van der Waals surface area contributed by atoms with Gasteiger partial charge in [-0.05, 0) is 31.0 Å². The first-order valence-corrected chi connectivity index (χ1v) is 6.45. The van der Waals surface area contributed by atoms with Crippen LogP contribution in [0.2, 0.25) is 0 Å². The van der Waals surface area contributed by atoms with E-state index >= 15 is 0 Å². The molecule has 5 nitrogen and oxygen atoms in total. The highest BCUT2D eigenvalue weighted by molar-refractivity contribution is 5.92. The Morgan fingerprint density at radius 1 is 1.26 bits per heavy atom. The van der Waals surface area contributed by atoms with Gasteiger partial charge in [0.25, 0.3) is 0 Å². The number of carbonyl (C=O) groups is 1. The summed E-state index contributed by atoms with van der Waals surface area (Å²) in [5.74, 6) is -0.191. The summed E-state index contributed by atoms with van der Waals surface area (Å²) in [4.78, 5) is 11.6. The highest BCUT2D eigenvalue weighted by atomic mass is 16.5. The van der Waals surface area contributed by atoms with Crippen LogP contribution >= 0.6 is 0 Å². The molecule has 1 rings (SSSR count). The molecule has 1 aromatic carbocycles. The number of anilines is 2. The largest absolute Gasteiger partial charge is 0.399 e. The number of benzene rings is 1. The van der Waals surface area contributed by atoms with Crippen molar-refractivity contribution >= 4 is 17.3 Å². The van der Waals surface area contributed by atoms with E-state index in [9.17, 15) is 4.79 Å². The minimum atomic E-state index is -0.191. The number of nitrogens with one attached hydrogen (secondary N) is 1. The van der Waals surface area contributed by atoms with Crippen molar-refractivity contribution in [3.8, 4) is 0 Å². The number of carbonyl (C=O) groups excluding carboxylic acids is 1. The third-order valence-corrected chi connectivity index (χ3v) is 2.49. The van der Waals surface area contributed by atoms with Gasteiger partial charge in [0, 0.05) is 18.0 Å². The number of amides is 1. The Balaban J connectivity index is 2.25. The van der Waals surface area contributed by atoms with Gasteiger partial charge in [0.1, 0.15) is 6.61 Å². The fraction of sp³-hybridized carbons (Fsp3) is 0.500. The Bertz CT molecular complexity index is 408. The molecule has 106 valence electrons. The minimum Gasteiger partial charge on any atom is -0.399 e. The Kier molecular flexibility index (Phi) is 6.92. The van der Waals surface area contributed by atoms with Crippen LogP contribution in [0, 0.1) is 6.92 Å². The van der Waals surface area contributed by atoms with E-state index in [2.05, 4.69) is 5.32 Å². The molecular weight excluding hydrogens is 244 g/mol. The summed E-state index contributed by atoms with van der Waals surface area (Å²) >= 11 is 0. The molecule has 0 saturated heterocycles. The normalized spacial score (nSPS) is 10.4. The highest BCUT2D eigenvalue weighted by Gasteiger charge is 2.05. The van der Waals surface area contributed by atoms with Crippen molar-refractivity contribution in [2.24, 2.45) is 0 Å². The smallest absolute Gasteiger partial charge is 0.250 e. The van der Waals surface area contributed by atoms with Gasteiger partial charge in [-0.2, -0.15) is 0 Å². The number of rotatable bonds is 8. The molecule has 1 amide bonds. The van der Waals surface area contributed by atoms with Crippen LogP contribution in [0.4, 0.5) is 11.4 Å². The van der Waals surface area contributed by atoms with Crippen molar-refractivity contribution < 1.29 is 14.3 Å². The first kappa shape index (κ1) is 15.5. The summed E-state index contributed by atoms with van der Waals surface area (Å²) in [7, 11) is 0. The summed E-state index contributed by atoms with van der Waals surface area (Å²) in [5, 5.41) is 2.77. The van der Waals surface area contributed by atoms with Gasteiger partial charge in [0.05, 0.1) is 13.2 Å². The van der Waals surface area contributed by atoms with Crippen LogP contribution in [0.1, 0.15) is 18.9 Å². The fourth-order valence-corrected chi connectivity index (χ4v) is 1.49. The molecule has 0 aliphatic rings. The molecule has 19 heavy (non-hydrogen) atoms. The average molecular weight is 266 g/mol. The maximum absolute atomic E-state index is 11.6. The average Bonchev–Trinajstić information content (AvgIpc) is 2.38. The maximum atomic E-state index is 11.6. The highest BCUT2D eigenvalue weighted by Crippen LogP contribution is 2.17. The van der Waals surface area contributed by atoms with Gasteiger partial charge in [-0.25, -0.2) is 0 Å². The Labute approximate surface area is 114 Å². The number of nitrogens with two attached hydrogens (primary N) is 1. The molecule has 0 radical (unpaired) electrons. The Morgan fingerprint density at radius 3 is 2.74 bits per heavy atom. The molecule has 0 aromatic heterocycles. The number of aryl methyl sites for hydroxylation is 1. The Hall–Kier alpha value is -1.59. The van der Waals surface area contributed by atoms with Crippen molar-refractivity contribution in [3.63, 3.8) is 0 Å². The molecule has 0 atom stereocenters. The monoisotopic (exact) mass is 266 g/mol. The maximum Gasteiger partial charge on any atom is 0.250 e. The zero-order valence-corrected chi connectivity index (χ0v) is 11.6. The van der Waals surface area contributed by atoms with E-state index < -0.39 is 0 Å². The van der Waals surface area contributed by atoms with Crippen LogP contribution in [-0.4, -0.2) is 32.3 Å². The second-order valence-corrected chi connectivity index (χ2v) is 4.29. The van der Waals surface area contributed by atoms with Gasteiger partial charge < -0.3 is 20.5 Å². The first-order valence-electron chi connectivity index (χ1n) is 6.45. The second kappa shape index (κ2) is 8.50. The van der Waals surface area contributed by atoms with Crippen LogP contribution in [0.25, 0.3) is 0 Å².